The summed E-state index contributed by atoms with van der Waals surface area (Å²) in [6, 6.07) is 0.693. The molecule has 20 heavy (non-hydrogen) atoms. The summed E-state index contributed by atoms with van der Waals surface area (Å²) in [5.41, 5.74) is 1.37. The summed E-state index contributed by atoms with van der Waals surface area (Å²) >= 11 is 0. The molecule has 1 aromatic rings. The number of nitrogens with one attached hydrogen (secondary N) is 1. The largest absolute Gasteiger partial charge is 0.314 e. The molecule has 1 heterocycles. The van der Waals surface area contributed by atoms with Crippen molar-refractivity contribution in [1.82, 2.24) is 15.1 Å². The molecule has 3 heteroatoms. The predicted molar refractivity (Wildman–Crippen MR) is 84.7 cm³/mol. The molecule has 1 aliphatic rings. The molecule has 0 saturated heterocycles. The van der Waals surface area contributed by atoms with Crippen LogP contribution in [0, 0.1) is 11.8 Å². The Morgan fingerprint density at radius 3 is 2.95 bits per heavy atom. The van der Waals surface area contributed by atoms with Gasteiger partial charge in [0.15, 0.2) is 0 Å². The highest BCUT2D eigenvalue weighted by molar-refractivity contribution is 5.04. The van der Waals surface area contributed by atoms with Gasteiger partial charge in [-0.3, -0.25) is 4.68 Å². The maximum absolute atomic E-state index is 4.28. The Morgan fingerprint density at radius 2 is 2.30 bits per heavy atom. The Bertz CT molecular complexity index is 385. The lowest BCUT2D eigenvalue weighted by Gasteiger charge is -2.34. The topological polar surface area (TPSA) is 29.9 Å². The first-order chi connectivity index (χ1) is 9.69. The molecule has 0 aromatic carbocycles. The van der Waals surface area contributed by atoms with Crippen molar-refractivity contribution in [2.45, 2.75) is 64.8 Å². The fraction of sp³-hybridized carbons (Fsp3) is 0.824. The van der Waals surface area contributed by atoms with Gasteiger partial charge in [0.05, 0.1) is 6.20 Å². The van der Waals surface area contributed by atoms with Crippen molar-refractivity contribution < 1.29 is 0 Å². The van der Waals surface area contributed by atoms with Crippen LogP contribution in [0.4, 0.5) is 0 Å². The summed E-state index contributed by atoms with van der Waals surface area (Å²) in [7, 11) is 2.00. The fourth-order valence-corrected chi connectivity index (χ4v) is 3.60. The molecule has 0 bridgehead atoms. The molecule has 2 rings (SSSR count). The van der Waals surface area contributed by atoms with E-state index in [9.17, 15) is 0 Å². The van der Waals surface area contributed by atoms with Crippen LogP contribution >= 0.6 is 0 Å². The van der Waals surface area contributed by atoms with Gasteiger partial charge in [-0.25, -0.2) is 0 Å². The van der Waals surface area contributed by atoms with E-state index in [4.69, 9.17) is 0 Å². The van der Waals surface area contributed by atoms with E-state index >= 15 is 0 Å². The van der Waals surface area contributed by atoms with Crippen LogP contribution in [0.2, 0.25) is 0 Å². The van der Waals surface area contributed by atoms with Crippen LogP contribution < -0.4 is 5.32 Å². The van der Waals surface area contributed by atoms with Crippen molar-refractivity contribution in [3.05, 3.63) is 18.0 Å². The summed E-state index contributed by atoms with van der Waals surface area (Å²) in [5, 5.41) is 8.09. The molecule has 0 radical (unpaired) electrons. The van der Waals surface area contributed by atoms with Crippen LogP contribution in [0.15, 0.2) is 12.4 Å². The summed E-state index contributed by atoms with van der Waals surface area (Å²) in [5.74, 6) is 1.79. The first kappa shape index (κ1) is 15.6. The molecule has 114 valence electrons. The second-order valence-electron chi connectivity index (χ2n) is 6.65. The zero-order valence-electron chi connectivity index (χ0n) is 13.4. The van der Waals surface area contributed by atoms with E-state index in [2.05, 4.69) is 30.5 Å². The number of hydrogen-bond donors (Lipinski definition) is 1. The van der Waals surface area contributed by atoms with Gasteiger partial charge in [0.25, 0.3) is 0 Å². The zero-order chi connectivity index (χ0) is 14.4. The van der Waals surface area contributed by atoms with Gasteiger partial charge in [0.2, 0.25) is 0 Å². The van der Waals surface area contributed by atoms with E-state index < -0.39 is 0 Å². The minimum absolute atomic E-state index is 0.693. The third-order valence-electron chi connectivity index (χ3n) is 4.70. The molecule has 3 atom stereocenters. The lowest BCUT2D eigenvalue weighted by molar-refractivity contribution is 0.215. The number of aryl methyl sites for hydroxylation is 2. The fourth-order valence-electron chi connectivity index (χ4n) is 3.60. The average molecular weight is 277 g/mol. The maximum Gasteiger partial charge on any atom is 0.0521 e. The molecule has 1 saturated carbocycles. The van der Waals surface area contributed by atoms with E-state index in [-0.39, 0.29) is 0 Å². The van der Waals surface area contributed by atoms with Gasteiger partial charge in [0.1, 0.15) is 0 Å². The zero-order valence-corrected chi connectivity index (χ0v) is 13.4. The molecule has 3 nitrogen and oxygen atoms in total. The third kappa shape index (κ3) is 4.62. The minimum Gasteiger partial charge on any atom is -0.314 e. The number of hydrogen-bond acceptors (Lipinski definition) is 2. The molecule has 1 fully saturated rings. The van der Waals surface area contributed by atoms with Crippen molar-refractivity contribution >= 4 is 0 Å². The Hall–Kier alpha value is -0.830. The van der Waals surface area contributed by atoms with Gasteiger partial charge >= 0.3 is 0 Å². The SMILES string of the molecule is CCCNC(CCc1cnn(C)c1)C1CCCC(C)C1. The van der Waals surface area contributed by atoms with Crippen LogP contribution in [0.1, 0.15) is 57.9 Å². The van der Waals surface area contributed by atoms with Crippen molar-refractivity contribution in [1.29, 1.82) is 0 Å². The van der Waals surface area contributed by atoms with Gasteiger partial charge in [-0.05, 0) is 56.0 Å². The summed E-state index contributed by atoms with van der Waals surface area (Å²) in [6.45, 7) is 5.83. The second kappa shape index (κ2) is 7.82. The highest BCUT2D eigenvalue weighted by atomic mass is 15.2. The monoisotopic (exact) mass is 277 g/mol. The van der Waals surface area contributed by atoms with Crippen LogP contribution in [0.5, 0.6) is 0 Å². The summed E-state index contributed by atoms with van der Waals surface area (Å²) < 4.78 is 1.91. The van der Waals surface area contributed by atoms with Crippen molar-refractivity contribution in [2.75, 3.05) is 6.54 Å². The Balaban J connectivity index is 1.88. The average Bonchev–Trinajstić information content (AvgIpc) is 2.85. The molecule has 3 unspecified atom stereocenters. The van der Waals surface area contributed by atoms with E-state index in [1.807, 2.05) is 17.9 Å². The highest BCUT2D eigenvalue weighted by Crippen LogP contribution is 2.32. The molecule has 0 spiro atoms. The third-order valence-corrected chi connectivity index (χ3v) is 4.70. The van der Waals surface area contributed by atoms with E-state index in [1.165, 1.54) is 44.1 Å². The van der Waals surface area contributed by atoms with E-state index in [0.29, 0.717) is 6.04 Å². The summed E-state index contributed by atoms with van der Waals surface area (Å²) in [6.07, 6.45) is 13.5. The molecular weight excluding hydrogens is 246 g/mol. The lowest BCUT2D eigenvalue weighted by Crippen LogP contribution is -2.39. The normalized spacial score (nSPS) is 24.8. The molecular formula is C17H31N3. The first-order valence-corrected chi connectivity index (χ1v) is 8.40. The Kier molecular flexibility index (Phi) is 6.08. The first-order valence-electron chi connectivity index (χ1n) is 8.40. The van der Waals surface area contributed by atoms with Crippen LogP contribution in [-0.4, -0.2) is 22.4 Å². The molecule has 1 aromatic heterocycles. The number of aromatic nitrogens is 2. The van der Waals surface area contributed by atoms with Gasteiger partial charge in [-0.2, -0.15) is 5.10 Å². The maximum atomic E-state index is 4.28. The second-order valence-corrected chi connectivity index (χ2v) is 6.65. The van der Waals surface area contributed by atoms with Gasteiger partial charge in [0, 0.05) is 19.3 Å². The highest BCUT2D eigenvalue weighted by Gasteiger charge is 2.26. The molecule has 1 N–H and O–H groups in total. The van der Waals surface area contributed by atoms with Gasteiger partial charge in [-0.1, -0.05) is 26.7 Å². The molecule has 0 amide bonds. The van der Waals surface area contributed by atoms with Gasteiger partial charge < -0.3 is 5.32 Å². The van der Waals surface area contributed by atoms with Gasteiger partial charge in [-0.15, -0.1) is 0 Å². The Morgan fingerprint density at radius 1 is 1.45 bits per heavy atom. The van der Waals surface area contributed by atoms with E-state index in [1.54, 1.807) is 0 Å². The quantitative estimate of drug-likeness (QED) is 0.826. The summed E-state index contributed by atoms with van der Waals surface area (Å²) in [4.78, 5) is 0. The van der Waals surface area contributed by atoms with Crippen molar-refractivity contribution in [3.8, 4) is 0 Å². The number of nitrogens with zero attached hydrogens (tertiary/aromatic N) is 2. The Labute approximate surface area is 124 Å². The van der Waals surface area contributed by atoms with Crippen LogP contribution in [0.3, 0.4) is 0 Å². The predicted octanol–water partition coefficient (Wildman–Crippen LogP) is 3.55. The van der Waals surface area contributed by atoms with Crippen molar-refractivity contribution in [3.63, 3.8) is 0 Å². The van der Waals surface area contributed by atoms with Crippen LogP contribution in [0.25, 0.3) is 0 Å². The lowest BCUT2D eigenvalue weighted by atomic mass is 9.77. The number of rotatable bonds is 7. The van der Waals surface area contributed by atoms with E-state index in [0.717, 1.165) is 24.8 Å². The standard InChI is InChI=1S/C17H31N3/c1-4-10-18-17(16-7-5-6-14(2)11-16)9-8-15-12-19-20(3)13-15/h12-14,16-18H,4-11H2,1-3H3. The smallest absolute Gasteiger partial charge is 0.0521 e. The minimum atomic E-state index is 0.693. The molecule has 1 aliphatic carbocycles. The van der Waals surface area contributed by atoms with Crippen molar-refractivity contribution in [2.24, 2.45) is 18.9 Å². The molecule has 0 aliphatic heterocycles. The van der Waals surface area contributed by atoms with Crippen LogP contribution in [-0.2, 0) is 13.5 Å².